The SMILES string of the molecule is COc1cccc(NCCOc2cc(C)ccc2C(C)C)c1. The van der Waals surface area contributed by atoms with E-state index in [0.29, 0.717) is 12.5 Å². The summed E-state index contributed by atoms with van der Waals surface area (Å²) in [6, 6.07) is 14.3. The van der Waals surface area contributed by atoms with Crippen LogP contribution in [0.3, 0.4) is 0 Å². The zero-order valence-electron chi connectivity index (χ0n) is 13.8. The molecule has 3 heteroatoms. The summed E-state index contributed by atoms with van der Waals surface area (Å²) in [6.07, 6.45) is 0. The van der Waals surface area contributed by atoms with Gasteiger partial charge in [0.1, 0.15) is 18.1 Å². The van der Waals surface area contributed by atoms with Crippen LogP contribution < -0.4 is 14.8 Å². The smallest absolute Gasteiger partial charge is 0.123 e. The van der Waals surface area contributed by atoms with Gasteiger partial charge in [-0.1, -0.05) is 32.0 Å². The van der Waals surface area contributed by atoms with Crippen LogP contribution in [-0.2, 0) is 0 Å². The molecule has 0 fully saturated rings. The van der Waals surface area contributed by atoms with Gasteiger partial charge >= 0.3 is 0 Å². The number of methoxy groups -OCH3 is 1. The number of hydrogen-bond donors (Lipinski definition) is 1. The number of aryl methyl sites for hydroxylation is 1. The molecule has 0 heterocycles. The van der Waals surface area contributed by atoms with E-state index in [-0.39, 0.29) is 0 Å². The molecule has 2 aromatic rings. The number of nitrogens with one attached hydrogen (secondary N) is 1. The van der Waals surface area contributed by atoms with E-state index in [1.807, 2.05) is 24.3 Å². The first-order chi connectivity index (χ1) is 10.6. The topological polar surface area (TPSA) is 30.5 Å². The van der Waals surface area contributed by atoms with Gasteiger partial charge in [-0.2, -0.15) is 0 Å². The molecule has 0 spiro atoms. The normalized spacial score (nSPS) is 10.6. The second-order valence-corrected chi connectivity index (χ2v) is 5.70. The Morgan fingerprint density at radius 1 is 1.09 bits per heavy atom. The van der Waals surface area contributed by atoms with Crippen molar-refractivity contribution >= 4 is 5.69 Å². The third-order valence-electron chi connectivity index (χ3n) is 3.55. The van der Waals surface area contributed by atoms with Crippen molar-refractivity contribution < 1.29 is 9.47 Å². The van der Waals surface area contributed by atoms with E-state index >= 15 is 0 Å². The maximum Gasteiger partial charge on any atom is 0.123 e. The molecular formula is C19H25NO2. The number of benzene rings is 2. The summed E-state index contributed by atoms with van der Waals surface area (Å²) >= 11 is 0. The van der Waals surface area contributed by atoms with E-state index in [2.05, 4.69) is 44.3 Å². The van der Waals surface area contributed by atoms with Gasteiger partial charge in [0.25, 0.3) is 0 Å². The summed E-state index contributed by atoms with van der Waals surface area (Å²) in [5.41, 5.74) is 3.52. The molecule has 2 aromatic carbocycles. The van der Waals surface area contributed by atoms with Gasteiger partial charge < -0.3 is 14.8 Å². The minimum atomic E-state index is 0.460. The Morgan fingerprint density at radius 2 is 1.91 bits per heavy atom. The first kappa shape index (κ1) is 16.2. The van der Waals surface area contributed by atoms with Crippen LogP contribution in [0.1, 0.15) is 30.9 Å². The summed E-state index contributed by atoms with van der Waals surface area (Å²) < 4.78 is 11.2. The standard InChI is InChI=1S/C19H25NO2/c1-14(2)18-9-8-15(3)12-19(18)22-11-10-20-16-6-5-7-17(13-16)21-4/h5-9,12-14,20H,10-11H2,1-4H3. The Balaban J connectivity index is 1.90. The van der Waals surface area contributed by atoms with Crippen molar-refractivity contribution in [1.29, 1.82) is 0 Å². The van der Waals surface area contributed by atoms with Crippen molar-refractivity contribution in [1.82, 2.24) is 0 Å². The Kier molecular flexibility index (Phi) is 5.70. The van der Waals surface area contributed by atoms with Gasteiger partial charge in [-0.15, -0.1) is 0 Å². The van der Waals surface area contributed by atoms with Crippen LogP contribution in [0.25, 0.3) is 0 Å². The van der Waals surface area contributed by atoms with Crippen LogP contribution in [0, 0.1) is 6.92 Å². The van der Waals surface area contributed by atoms with E-state index in [4.69, 9.17) is 9.47 Å². The molecule has 0 saturated carbocycles. The summed E-state index contributed by atoms with van der Waals surface area (Å²) in [4.78, 5) is 0. The molecule has 0 atom stereocenters. The third kappa shape index (κ3) is 4.42. The minimum absolute atomic E-state index is 0.460. The second kappa shape index (κ2) is 7.74. The average Bonchev–Trinajstić information content (AvgIpc) is 2.51. The van der Waals surface area contributed by atoms with Gasteiger partial charge in [0.2, 0.25) is 0 Å². The fourth-order valence-corrected chi connectivity index (χ4v) is 2.33. The van der Waals surface area contributed by atoms with E-state index in [1.54, 1.807) is 7.11 Å². The van der Waals surface area contributed by atoms with Crippen LogP contribution in [0.2, 0.25) is 0 Å². The van der Waals surface area contributed by atoms with Gasteiger partial charge in [0, 0.05) is 18.3 Å². The van der Waals surface area contributed by atoms with Gasteiger partial charge in [0.15, 0.2) is 0 Å². The maximum atomic E-state index is 5.96. The second-order valence-electron chi connectivity index (χ2n) is 5.70. The van der Waals surface area contributed by atoms with Crippen LogP contribution in [0.4, 0.5) is 5.69 Å². The monoisotopic (exact) mass is 299 g/mol. The molecule has 2 rings (SSSR count). The summed E-state index contributed by atoms with van der Waals surface area (Å²) in [7, 11) is 1.67. The molecule has 22 heavy (non-hydrogen) atoms. The summed E-state index contributed by atoms with van der Waals surface area (Å²) in [5.74, 6) is 2.30. The van der Waals surface area contributed by atoms with Crippen molar-refractivity contribution in [2.45, 2.75) is 26.7 Å². The van der Waals surface area contributed by atoms with Crippen LogP contribution >= 0.6 is 0 Å². The predicted molar refractivity (Wildman–Crippen MR) is 92.2 cm³/mol. The lowest BCUT2D eigenvalue weighted by Gasteiger charge is -2.15. The van der Waals surface area contributed by atoms with E-state index in [0.717, 1.165) is 23.7 Å². The lowest BCUT2D eigenvalue weighted by atomic mass is 10.0. The zero-order valence-corrected chi connectivity index (χ0v) is 13.8. The highest BCUT2D eigenvalue weighted by Gasteiger charge is 2.07. The van der Waals surface area contributed by atoms with Gasteiger partial charge in [0.05, 0.1) is 7.11 Å². The third-order valence-corrected chi connectivity index (χ3v) is 3.55. The molecule has 0 bridgehead atoms. The lowest BCUT2D eigenvalue weighted by molar-refractivity contribution is 0.328. The Labute approximate surface area is 133 Å². The highest BCUT2D eigenvalue weighted by Crippen LogP contribution is 2.27. The molecule has 1 N–H and O–H groups in total. The fraction of sp³-hybridized carbons (Fsp3) is 0.368. The number of ether oxygens (including phenoxy) is 2. The lowest BCUT2D eigenvalue weighted by Crippen LogP contribution is -2.12. The molecule has 0 amide bonds. The number of hydrogen-bond acceptors (Lipinski definition) is 3. The number of rotatable bonds is 7. The van der Waals surface area contributed by atoms with Crippen LogP contribution in [-0.4, -0.2) is 20.3 Å². The molecule has 0 aliphatic carbocycles. The molecule has 0 unspecified atom stereocenters. The predicted octanol–water partition coefficient (Wildman–Crippen LogP) is 4.62. The molecule has 118 valence electrons. The highest BCUT2D eigenvalue weighted by atomic mass is 16.5. The van der Waals surface area contributed by atoms with Crippen molar-refractivity contribution in [2.24, 2.45) is 0 Å². The van der Waals surface area contributed by atoms with Crippen molar-refractivity contribution in [2.75, 3.05) is 25.6 Å². The maximum absolute atomic E-state index is 5.96. The minimum Gasteiger partial charge on any atom is -0.497 e. The first-order valence-corrected chi connectivity index (χ1v) is 7.71. The largest absolute Gasteiger partial charge is 0.497 e. The van der Waals surface area contributed by atoms with Gasteiger partial charge in [-0.3, -0.25) is 0 Å². The molecule has 0 aliphatic rings. The van der Waals surface area contributed by atoms with Crippen molar-refractivity contribution in [3.8, 4) is 11.5 Å². The Bertz CT molecular complexity index is 608. The van der Waals surface area contributed by atoms with Crippen molar-refractivity contribution in [3.05, 3.63) is 53.6 Å². The molecule has 0 aromatic heterocycles. The molecule has 3 nitrogen and oxygen atoms in total. The molecule has 0 aliphatic heterocycles. The molecule has 0 radical (unpaired) electrons. The van der Waals surface area contributed by atoms with Crippen LogP contribution in [0.15, 0.2) is 42.5 Å². The van der Waals surface area contributed by atoms with E-state index in [9.17, 15) is 0 Å². The zero-order chi connectivity index (χ0) is 15.9. The van der Waals surface area contributed by atoms with E-state index in [1.165, 1.54) is 11.1 Å². The summed E-state index contributed by atoms with van der Waals surface area (Å²) in [6.45, 7) is 7.84. The van der Waals surface area contributed by atoms with E-state index < -0.39 is 0 Å². The summed E-state index contributed by atoms with van der Waals surface area (Å²) in [5, 5.41) is 3.35. The molecular weight excluding hydrogens is 274 g/mol. The van der Waals surface area contributed by atoms with Crippen LogP contribution in [0.5, 0.6) is 11.5 Å². The fourth-order valence-electron chi connectivity index (χ4n) is 2.33. The molecule has 0 saturated heterocycles. The quantitative estimate of drug-likeness (QED) is 0.757. The Hall–Kier alpha value is -2.16. The van der Waals surface area contributed by atoms with Crippen molar-refractivity contribution in [3.63, 3.8) is 0 Å². The average molecular weight is 299 g/mol. The highest BCUT2D eigenvalue weighted by molar-refractivity contribution is 5.48. The Morgan fingerprint density at radius 3 is 2.64 bits per heavy atom. The van der Waals surface area contributed by atoms with Gasteiger partial charge in [-0.25, -0.2) is 0 Å². The number of anilines is 1. The van der Waals surface area contributed by atoms with Gasteiger partial charge in [-0.05, 0) is 42.2 Å². The first-order valence-electron chi connectivity index (χ1n) is 7.71.